The lowest BCUT2D eigenvalue weighted by molar-refractivity contribution is 0.284. The molecule has 0 aliphatic rings. The number of rotatable bonds is 8. The summed E-state index contributed by atoms with van der Waals surface area (Å²) in [6.07, 6.45) is 0. The highest BCUT2D eigenvalue weighted by Gasteiger charge is 2.14. The maximum absolute atomic E-state index is 6.44. The van der Waals surface area contributed by atoms with Crippen molar-refractivity contribution in [3.8, 4) is 11.5 Å². The van der Waals surface area contributed by atoms with Gasteiger partial charge in [-0.05, 0) is 41.3 Å². The van der Waals surface area contributed by atoms with Crippen molar-refractivity contribution in [1.82, 2.24) is 5.32 Å². The minimum atomic E-state index is 0.199. The lowest BCUT2D eigenvalue weighted by Gasteiger charge is -2.15. The van der Waals surface area contributed by atoms with Gasteiger partial charge in [0.2, 0.25) is 0 Å². The summed E-state index contributed by atoms with van der Waals surface area (Å²) in [5.41, 5.74) is 1.72. The normalized spacial score (nSPS) is 10.8. The summed E-state index contributed by atoms with van der Waals surface area (Å²) >= 11 is 20.6. The van der Waals surface area contributed by atoms with Gasteiger partial charge in [-0.2, -0.15) is 0 Å². The number of methoxy groups -OCH3 is 1. The quantitative estimate of drug-likeness (QED) is 0.427. The Morgan fingerprint density at radius 2 is 1.74 bits per heavy atom. The van der Waals surface area contributed by atoms with E-state index in [2.05, 4.69) is 16.8 Å². The molecule has 0 aliphatic carbocycles. The first-order chi connectivity index (χ1) is 13.1. The summed E-state index contributed by atoms with van der Waals surface area (Å²) in [5, 5.41) is 7.03. The van der Waals surface area contributed by atoms with Gasteiger partial charge in [-0.25, -0.2) is 0 Å². The molecule has 0 aliphatic heterocycles. The second kappa shape index (κ2) is 9.67. The molecule has 0 saturated carbocycles. The first-order valence-corrected chi connectivity index (χ1v) is 10.2. The van der Waals surface area contributed by atoms with E-state index in [0.29, 0.717) is 38.7 Å². The Morgan fingerprint density at radius 3 is 2.41 bits per heavy atom. The van der Waals surface area contributed by atoms with Crippen molar-refractivity contribution < 1.29 is 9.47 Å². The maximum Gasteiger partial charge on any atom is 0.180 e. The Bertz CT molecular complexity index is 880. The van der Waals surface area contributed by atoms with E-state index in [1.54, 1.807) is 36.6 Å². The summed E-state index contributed by atoms with van der Waals surface area (Å²) in [6.45, 7) is 1.68. The topological polar surface area (TPSA) is 30.5 Å². The fourth-order valence-electron chi connectivity index (χ4n) is 2.57. The van der Waals surface area contributed by atoms with Crippen LogP contribution in [0.4, 0.5) is 0 Å². The number of hydrogen-bond acceptors (Lipinski definition) is 4. The Balaban J connectivity index is 1.70. The van der Waals surface area contributed by atoms with E-state index in [-0.39, 0.29) is 6.61 Å². The zero-order valence-corrected chi connectivity index (χ0v) is 17.7. The molecule has 3 aromatic rings. The number of nitrogens with one attached hydrogen (secondary N) is 1. The molecule has 3 nitrogen and oxygen atoms in total. The van der Waals surface area contributed by atoms with Gasteiger partial charge in [0.1, 0.15) is 6.61 Å². The van der Waals surface area contributed by atoms with Gasteiger partial charge in [0.05, 0.1) is 12.1 Å². The predicted octanol–water partition coefficient (Wildman–Crippen LogP) is 6.59. The minimum Gasteiger partial charge on any atom is -0.493 e. The molecule has 2 aromatic carbocycles. The molecule has 0 atom stereocenters. The Hall–Kier alpha value is -1.43. The molecule has 3 rings (SSSR count). The van der Waals surface area contributed by atoms with Crippen LogP contribution in [0.25, 0.3) is 0 Å². The molecule has 0 saturated heterocycles. The molecule has 0 unspecified atom stereocenters. The smallest absolute Gasteiger partial charge is 0.180 e. The molecule has 0 amide bonds. The van der Waals surface area contributed by atoms with Gasteiger partial charge >= 0.3 is 0 Å². The van der Waals surface area contributed by atoms with E-state index in [1.165, 1.54) is 4.88 Å². The second-order valence-electron chi connectivity index (χ2n) is 5.78. The lowest BCUT2D eigenvalue weighted by atomic mass is 10.2. The van der Waals surface area contributed by atoms with Crippen molar-refractivity contribution in [2.45, 2.75) is 19.7 Å². The van der Waals surface area contributed by atoms with Gasteiger partial charge in [0, 0.05) is 33.6 Å². The van der Waals surface area contributed by atoms with Crippen LogP contribution in [0.1, 0.15) is 16.0 Å². The van der Waals surface area contributed by atoms with Crippen LogP contribution in [0.15, 0.2) is 47.8 Å². The summed E-state index contributed by atoms with van der Waals surface area (Å²) < 4.78 is 11.3. The summed E-state index contributed by atoms with van der Waals surface area (Å²) in [7, 11) is 1.59. The van der Waals surface area contributed by atoms with Crippen LogP contribution in [0.2, 0.25) is 15.1 Å². The molecule has 0 bridgehead atoms. The van der Waals surface area contributed by atoms with Gasteiger partial charge in [0.15, 0.2) is 11.5 Å². The molecule has 142 valence electrons. The van der Waals surface area contributed by atoms with E-state index in [4.69, 9.17) is 44.3 Å². The van der Waals surface area contributed by atoms with Gasteiger partial charge < -0.3 is 14.8 Å². The molecule has 1 aromatic heterocycles. The Labute approximate surface area is 177 Å². The lowest BCUT2D eigenvalue weighted by Crippen LogP contribution is -2.12. The standard InChI is InChI=1S/C20H18Cl3NO2S/c1-25-19-9-13(10-24-11-14-4-3-7-27-14)8-18(23)20(19)26-12-15-16(21)5-2-6-17(15)22/h2-9,24H,10-12H2,1H3. The first-order valence-electron chi connectivity index (χ1n) is 8.23. The molecule has 0 radical (unpaired) electrons. The number of thiophene rings is 1. The van der Waals surface area contributed by atoms with Crippen molar-refractivity contribution in [2.75, 3.05) is 7.11 Å². The van der Waals surface area contributed by atoms with Crippen molar-refractivity contribution >= 4 is 46.1 Å². The van der Waals surface area contributed by atoms with Gasteiger partial charge in [-0.1, -0.05) is 46.9 Å². The van der Waals surface area contributed by atoms with Crippen molar-refractivity contribution in [2.24, 2.45) is 0 Å². The van der Waals surface area contributed by atoms with Gasteiger partial charge in [-0.15, -0.1) is 11.3 Å². The van der Waals surface area contributed by atoms with E-state index in [9.17, 15) is 0 Å². The first kappa shape index (κ1) is 20.3. The average Bonchev–Trinajstić information content (AvgIpc) is 3.15. The third kappa shape index (κ3) is 5.31. The van der Waals surface area contributed by atoms with Crippen molar-refractivity contribution in [1.29, 1.82) is 0 Å². The highest BCUT2D eigenvalue weighted by atomic mass is 35.5. The summed E-state index contributed by atoms with van der Waals surface area (Å²) in [6, 6.07) is 13.3. The summed E-state index contributed by atoms with van der Waals surface area (Å²) in [5.74, 6) is 1.04. The number of benzene rings is 2. The fourth-order valence-corrected chi connectivity index (χ4v) is 4.04. The molecule has 1 N–H and O–H groups in total. The zero-order chi connectivity index (χ0) is 19.2. The Morgan fingerprint density at radius 1 is 0.963 bits per heavy atom. The third-order valence-corrected chi connectivity index (χ3v) is 5.79. The van der Waals surface area contributed by atoms with E-state index in [1.807, 2.05) is 18.2 Å². The predicted molar refractivity (Wildman–Crippen MR) is 114 cm³/mol. The van der Waals surface area contributed by atoms with Crippen LogP contribution in [0, 0.1) is 0 Å². The van der Waals surface area contributed by atoms with Crippen LogP contribution in [-0.2, 0) is 19.7 Å². The van der Waals surface area contributed by atoms with Crippen LogP contribution >= 0.6 is 46.1 Å². The molecule has 27 heavy (non-hydrogen) atoms. The van der Waals surface area contributed by atoms with Crippen molar-refractivity contribution in [3.63, 3.8) is 0 Å². The van der Waals surface area contributed by atoms with Crippen molar-refractivity contribution in [3.05, 3.63) is 78.9 Å². The van der Waals surface area contributed by atoms with E-state index in [0.717, 1.165) is 12.1 Å². The molecular formula is C20H18Cl3NO2S. The molecule has 7 heteroatoms. The number of ether oxygens (including phenoxy) is 2. The average molecular weight is 443 g/mol. The third-order valence-electron chi connectivity index (χ3n) is 3.92. The fraction of sp³-hybridized carbons (Fsp3) is 0.200. The van der Waals surface area contributed by atoms with Crippen LogP contribution in [0.3, 0.4) is 0 Å². The van der Waals surface area contributed by atoms with E-state index >= 15 is 0 Å². The SMILES string of the molecule is COc1cc(CNCc2cccs2)cc(Cl)c1OCc1c(Cl)cccc1Cl. The van der Waals surface area contributed by atoms with Crippen LogP contribution < -0.4 is 14.8 Å². The Kier molecular flexibility index (Phi) is 7.27. The minimum absolute atomic E-state index is 0.199. The van der Waals surface area contributed by atoms with Gasteiger partial charge in [0.25, 0.3) is 0 Å². The van der Waals surface area contributed by atoms with E-state index < -0.39 is 0 Å². The molecule has 0 spiro atoms. The number of hydrogen-bond donors (Lipinski definition) is 1. The van der Waals surface area contributed by atoms with Crippen LogP contribution in [0.5, 0.6) is 11.5 Å². The number of halogens is 3. The van der Waals surface area contributed by atoms with Gasteiger partial charge in [-0.3, -0.25) is 0 Å². The molecular weight excluding hydrogens is 425 g/mol. The second-order valence-corrected chi connectivity index (χ2v) is 8.03. The molecule has 1 heterocycles. The zero-order valence-electron chi connectivity index (χ0n) is 14.6. The molecule has 0 fully saturated rings. The summed E-state index contributed by atoms with van der Waals surface area (Å²) in [4.78, 5) is 1.28. The monoisotopic (exact) mass is 441 g/mol. The highest BCUT2D eigenvalue weighted by Crippen LogP contribution is 2.38. The largest absolute Gasteiger partial charge is 0.493 e. The maximum atomic E-state index is 6.44. The van der Waals surface area contributed by atoms with Crippen LogP contribution in [-0.4, -0.2) is 7.11 Å². The highest BCUT2D eigenvalue weighted by molar-refractivity contribution is 7.09.